The fourth-order valence-corrected chi connectivity index (χ4v) is 0.627. The van der Waals surface area contributed by atoms with E-state index in [0.717, 1.165) is 0 Å². The number of aromatic nitrogens is 2. The normalized spacial score (nSPS) is 9.55. The zero-order valence-electron chi connectivity index (χ0n) is 6.13. The highest BCUT2D eigenvalue weighted by atomic mass is 15.4. The Kier molecular flexibility index (Phi) is 2.07. The number of rotatable bonds is 2. The number of hydrogen-bond acceptors (Lipinski definition) is 6. The topological polar surface area (TPSA) is 102 Å². The van der Waals surface area contributed by atoms with Gasteiger partial charge in [-0.1, -0.05) is 0 Å². The molecule has 6 N–H and O–H groups in total. The molecule has 11 heavy (non-hydrogen) atoms. The molecule has 0 radical (unpaired) electrons. The Balaban J connectivity index is 2.96. The van der Waals surface area contributed by atoms with Gasteiger partial charge in [-0.05, 0) is 0 Å². The number of hydrogen-bond donors (Lipinski definition) is 4. The maximum absolute atomic E-state index is 5.52. The van der Waals surface area contributed by atoms with Crippen LogP contribution >= 0.6 is 0 Å². The summed E-state index contributed by atoms with van der Waals surface area (Å²) in [6.07, 6.45) is 1.34. The van der Waals surface area contributed by atoms with Gasteiger partial charge in [0.25, 0.3) is 0 Å². The van der Waals surface area contributed by atoms with Gasteiger partial charge < -0.3 is 16.9 Å². The van der Waals surface area contributed by atoms with E-state index in [1.165, 1.54) is 6.33 Å². The summed E-state index contributed by atoms with van der Waals surface area (Å²) in [5.74, 6) is 0.762. The Hall–Kier alpha value is -1.56. The summed E-state index contributed by atoms with van der Waals surface area (Å²) >= 11 is 0. The molecule has 60 valence electrons. The van der Waals surface area contributed by atoms with Crippen molar-refractivity contribution in [1.29, 1.82) is 0 Å². The van der Waals surface area contributed by atoms with Crippen molar-refractivity contribution in [2.24, 2.45) is 0 Å². The highest BCUT2D eigenvalue weighted by molar-refractivity contribution is 5.71. The van der Waals surface area contributed by atoms with Crippen LogP contribution in [0.3, 0.4) is 0 Å². The lowest BCUT2D eigenvalue weighted by atomic mass is 10.4. The Labute approximate surface area is 64.0 Å². The van der Waals surface area contributed by atoms with Crippen molar-refractivity contribution in [1.82, 2.24) is 15.4 Å². The molecule has 0 aliphatic heterocycles. The monoisotopic (exact) mass is 154 g/mol. The van der Waals surface area contributed by atoms with Crippen molar-refractivity contribution >= 4 is 17.3 Å². The molecule has 6 heteroatoms. The second-order valence-corrected chi connectivity index (χ2v) is 1.90. The Morgan fingerprint density at radius 1 is 1.36 bits per heavy atom. The quantitative estimate of drug-likeness (QED) is 0.415. The Bertz CT molecular complexity index is 247. The first-order valence-electron chi connectivity index (χ1n) is 3.04. The van der Waals surface area contributed by atoms with Gasteiger partial charge in [-0.3, -0.25) is 0 Å². The van der Waals surface area contributed by atoms with Gasteiger partial charge in [0.15, 0.2) is 11.6 Å². The van der Waals surface area contributed by atoms with Crippen LogP contribution in [0.5, 0.6) is 0 Å². The highest BCUT2D eigenvalue weighted by Crippen LogP contribution is 2.17. The molecular weight excluding hydrogens is 144 g/mol. The minimum atomic E-state index is 0.276. The van der Waals surface area contributed by atoms with E-state index >= 15 is 0 Å². The summed E-state index contributed by atoms with van der Waals surface area (Å²) in [7, 11) is 1.71. The molecule has 0 amide bonds. The van der Waals surface area contributed by atoms with Gasteiger partial charge in [0.05, 0.1) is 0 Å². The van der Waals surface area contributed by atoms with Crippen LogP contribution in [0.1, 0.15) is 0 Å². The van der Waals surface area contributed by atoms with Crippen LogP contribution in [0, 0.1) is 0 Å². The molecule has 0 unspecified atom stereocenters. The largest absolute Gasteiger partial charge is 0.393 e. The summed E-state index contributed by atoms with van der Waals surface area (Å²) in [5.41, 5.74) is 16.7. The lowest BCUT2D eigenvalue weighted by Crippen LogP contribution is -2.18. The van der Waals surface area contributed by atoms with Crippen molar-refractivity contribution < 1.29 is 0 Å². The summed E-state index contributed by atoms with van der Waals surface area (Å²) in [4.78, 5) is 7.53. The van der Waals surface area contributed by atoms with Gasteiger partial charge in [0.1, 0.15) is 12.0 Å². The predicted octanol–water partition coefficient (Wildman–Crippen LogP) is -0.813. The number of nitrogen functional groups attached to an aromatic ring is 2. The first-order chi connectivity index (χ1) is 5.25. The van der Waals surface area contributed by atoms with Crippen molar-refractivity contribution in [3.8, 4) is 0 Å². The van der Waals surface area contributed by atoms with Crippen LogP contribution < -0.4 is 22.3 Å². The molecule has 0 atom stereocenters. The van der Waals surface area contributed by atoms with Crippen LogP contribution in [0.2, 0.25) is 0 Å². The second-order valence-electron chi connectivity index (χ2n) is 1.90. The van der Waals surface area contributed by atoms with Crippen LogP contribution in [-0.4, -0.2) is 17.0 Å². The summed E-state index contributed by atoms with van der Waals surface area (Å²) in [6, 6.07) is 0. The van der Waals surface area contributed by atoms with Gasteiger partial charge in [-0.25, -0.2) is 15.4 Å². The average molecular weight is 154 g/mol. The maximum Gasteiger partial charge on any atom is 0.169 e. The molecular formula is C5H10N6. The molecule has 1 aromatic rings. The fraction of sp³-hybridized carbons (Fsp3) is 0.200. The molecule has 0 saturated heterocycles. The van der Waals surface area contributed by atoms with Gasteiger partial charge in [0.2, 0.25) is 0 Å². The molecule has 0 aromatic carbocycles. The van der Waals surface area contributed by atoms with E-state index in [1.807, 2.05) is 0 Å². The SMILES string of the molecule is CNNc1ncnc(N)c1N. The standard InChI is InChI=1S/C5H10N6/c1-8-11-5-3(6)4(7)9-2-10-5/h2,8H,6H2,1H3,(H3,7,9,10,11). The van der Waals surface area contributed by atoms with Crippen molar-refractivity contribution in [2.75, 3.05) is 23.9 Å². The minimum absolute atomic E-state index is 0.276. The molecule has 0 saturated carbocycles. The number of hydrazine groups is 1. The minimum Gasteiger partial charge on any atom is -0.393 e. The van der Waals surface area contributed by atoms with Crippen molar-refractivity contribution in [3.05, 3.63) is 6.33 Å². The van der Waals surface area contributed by atoms with Gasteiger partial charge in [-0.15, -0.1) is 0 Å². The van der Waals surface area contributed by atoms with E-state index in [1.54, 1.807) is 7.05 Å². The Morgan fingerprint density at radius 2 is 2.09 bits per heavy atom. The number of nitrogens with two attached hydrogens (primary N) is 2. The zero-order valence-corrected chi connectivity index (χ0v) is 6.13. The van der Waals surface area contributed by atoms with Gasteiger partial charge in [-0.2, -0.15) is 0 Å². The maximum atomic E-state index is 5.52. The third kappa shape index (κ3) is 1.47. The van der Waals surface area contributed by atoms with Crippen molar-refractivity contribution in [2.45, 2.75) is 0 Å². The molecule has 6 nitrogen and oxygen atoms in total. The second kappa shape index (κ2) is 3.02. The molecule has 0 fully saturated rings. The molecule has 0 aliphatic rings. The molecule has 1 heterocycles. The van der Waals surface area contributed by atoms with Gasteiger partial charge >= 0.3 is 0 Å². The van der Waals surface area contributed by atoms with E-state index in [2.05, 4.69) is 20.8 Å². The van der Waals surface area contributed by atoms with E-state index in [-0.39, 0.29) is 5.82 Å². The molecule has 0 spiro atoms. The molecule has 0 aliphatic carbocycles. The van der Waals surface area contributed by atoms with Crippen LogP contribution in [0.15, 0.2) is 6.33 Å². The molecule has 1 rings (SSSR count). The summed E-state index contributed by atoms with van der Waals surface area (Å²) in [6.45, 7) is 0. The number of anilines is 3. The first kappa shape index (κ1) is 7.55. The number of nitrogens with zero attached hydrogens (tertiary/aromatic N) is 2. The smallest absolute Gasteiger partial charge is 0.169 e. The van der Waals surface area contributed by atoms with E-state index in [4.69, 9.17) is 11.5 Å². The zero-order chi connectivity index (χ0) is 8.27. The molecule has 0 bridgehead atoms. The highest BCUT2D eigenvalue weighted by Gasteiger charge is 2.01. The predicted molar refractivity (Wildman–Crippen MR) is 43.5 cm³/mol. The lowest BCUT2D eigenvalue weighted by molar-refractivity contribution is 0.961. The molecule has 1 aromatic heterocycles. The lowest BCUT2D eigenvalue weighted by Gasteiger charge is -2.06. The van der Waals surface area contributed by atoms with Gasteiger partial charge in [0, 0.05) is 7.05 Å². The number of nitrogens with one attached hydrogen (secondary N) is 2. The van der Waals surface area contributed by atoms with Crippen LogP contribution in [-0.2, 0) is 0 Å². The average Bonchev–Trinajstić information content (AvgIpc) is 1.99. The van der Waals surface area contributed by atoms with E-state index in [0.29, 0.717) is 11.5 Å². The van der Waals surface area contributed by atoms with E-state index < -0.39 is 0 Å². The third-order valence-corrected chi connectivity index (χ3v) is 1.16. The summed E-state index contributed by atoms with van der Waals surface area (Å²) < 4.78 is 0. The van der Waals surface area contributed by atoms with Crippen LogP contribution in [0.25, 0.3) is 0 Å². The Morgan fingerprint density at radius 3 is 2.73 bits per heavy atom. The third-order valence-electron chi connectivity index (χ3n) is 1.16. The van der Waals surface area contributed by atoms with E-state index in [9.17, 15) is 0 Å². The van der Waals surface area contributed by atoms with Crippen molar-refractivity contribution in [3.63, 3.8) is 0 Å². The van der Waals surface area contributed by atoms with Crippen LogP contribution in [0.4, 0.5) is 17.3 Å². The fourth-order valence-electron chi connectivity index (χ4n) is 0.627. The summed E-state index contributed by atoms with van der Waals surface area (Å²) in [5, 5.41) is 0. The first-order valence-corrected chi connectivity index (χ1v) is 3.04.